The monoisotopic (exact) mass is 328 g/mol. The minimum atomic E-state index is -0.0653. The molecule has 1 aliphatic heterocycles. The summed E-state index contributed by atoms with van der Waals surface area (Å²) in [4.78, 5) is 26.9. The molecule has 4 heteroatoms. The molecule has 130 valence electrons. The van der Waals surface area contributed by atoms with Gasteiger partial charge < -0.3 is 10.2 Å². The first-order chi connectivity index (χ1) is 11.7. The zero-order valence-electron chi connectivity index (χ0n) is 14.5. The third-order valence-corrected chi connectivity index (χ3v) is 5.13. The largest absolute Gasteiger partial charge is 0.349 e. The highest BCUT2D eigenvalue weighted by atomic mass is 16.2. The van der Waals surface area contributed by atoms with Crippen LogP contribution in [-0.4, -0.2) is 29.8 Å². The molecule has 0 radical (unpaired) electrons. The molecular formula is C20H28N2O2. The summed E-state index contributed by atoms with van der Waals surface area (Å²) in [7, 11) is 0. The van der Waals surface area contributed by atoms with Crippen LogP contribution >= 0.6 is 0 Å². The van der Waals surface area contributed by atoms with E-state index in [-0.39, 0.29) is 29.7 Å². The Morgan fingerprint density at radius 2 is 1.92 bits per heavy atom. The number of hydrogen-bond donors (Lipinski definition) is 1. The lowest BCUT2D eigenvalue weighted by Crippen LogP contribution is -2.46. The molecule has 1 aliphatic carbocycles. The van der Waals surface area contributed by atoms with Crippen molar-refractivity contribution in [3.63, 3.8) is 0 Å². The molecular weight excluding hydrogens is 300 g/mol. The van der Waals surface area contributed by atoms with Crippen LogP contribution in [0.4, 0.5) is 0 Å². The highest BCUT2D eigenvalue weighted by Crippen LogP contribution is 2.32. The fourth-order valence-electron chi connectivity index (χ4n) is 3.57. The van der Waals surface area contributed by atoms with E-state index in [2.05, 4.69) is 24.4 Å². The highest BCUT2D eigenvalue weighted by Gasteiger charge is 2.36. The zero-order chi connectivity index (χ0) is 16.9. The molecule has 24 heavy (non-hydrogen) atoms. The lowest BCUT2D eigenvalue weighted by molar-refractivity contribution is -0.137. The number of carbonyl (C=O) groups excluding carboxylic acids is 2. The van der Waals surface area contributed by atoms with Gasteiger partial charge in [0.25, 0.3) is 0 Å². The Labute approximate surface area is 144 Å². The highest BCUT2D eigenvalue weighted by molar-refractivity contribution is 5.83. The van der Waals surface area contributed by atoms with Crippen molar-refractivity contribution in [2.24, 2.45) is 11.8 Å². The van der Waals surface area contributed by atoms with Crippen LogP contribution < -0.4 is 5.32 Å². The number of benzene rings is 1. The molecule has 4 nitrogen and oxygen atoms in total. The first kappa shape index (κ1) is 17.0. The molecule has 2 atom stereocenters. The molecule has 0 spiro atoms. The minimum Gasteiger partial charge on any atom is -0.349 e. The number of likely N-dealkylation sites (tertiary alicyclic amines) is 1. The number of hydrogen-bond acceptors (Lipinski definition) is 2. The van der Waals surface area contributed by atoms with E-state index >= 15 is 0 Å². The maximum Gasteiger partial charge on any atom is 0.225 e. The molecule has 1 N–H and O–H groups in total. The Balaban J connectivity index is 1.60. The number of piperidine rings is 1. The summed E-state index contributed by atoms with van der Waals surface area (Å²) >= 11 is 0. The van der Waals surface area contributed by atoms with Gasteiger partial charge in [0.15, 0.2) is 0 Å². The Hall–Kier alpha value is -1.84. The Morgan fingerprint density at radius 1 is 1.17 bits per heavy atom. The van der Waals surface area contributed by atoms with Gasteiger partial charge in [-0.3, -0.25) is 9.59 Å². The standard InChI is InChI=1S/C20H28N2O2/c1-2-7-18(15-8-4-3-5-9-15)21-19(23)17-10-6-13-22(14-17)20(24)16-11-12-16/h3-5,8-9,16-18H,2,6-7,10-14H2,1H3,(H,21,23)/t17-,18-/m1/s1. The van der Waals surface area contributed by atoms with Crippen molar-refractivity contribution in [3.05, 3.63) is 35.9 Å². The fraction of sp³-hybridized carbons (Fsp3) is 0.600. The molecule has 3 rings (SSSR count). The normalized spacial score (nSPS) is 22.0. The molecule has 1 aromatic rings. The smallest absolute Gasteiger partial charge is 0.225 e. The predicted octanol–water partition coefficient (Wildman–Crippen LogP) is 3.29. The van der Waals surface area contributed by atoms with Gasteiger partial charge in [-0.05, 0) is 37.7 Å². The van der Waals surface area contributed by atoms with Crippen molar-refractivity contribution in [3.8, 4) is 0 Å². The van der Waals surface area contributed by atoms with Gasteiger partial charge in [-0.2, -0.15) is 0 Å². The van der Waals surface area contributed by atoms with E-state index in [0.717, 1.165) is 50.6 Å². The third-order valence-electron chi connectivity index (χ3n) is 5.13. The topological polar surface area (TPSA) is 49.4 Å². The lowest BCUT2D eigenvalue weighted by Gasteiger charge is -2.33. The van der Waals surface area contributed by atoms with E-state index < -0.39 is 0 Å². The molecule has 2 amide bonds. The van der Waals surface area contributed by atoms with Gasteiger partial charge in [-0.25, -0.2) is 0 Å². The van der Waals surface area contributed by atoms with Gasteiger partial charge in [-0.1, -0.05) is 43.7 Å². The molecule has 1 saturated carbocycles. The van der Waals surface area contributed by atoms with Gasteiger partial charge >= 0.3 is 0 Å². The average Bonchev–Trinajstić information content (AvgIpc) is 3.46. The second-order valence-corrected chi connectivity index (χ2v) is 7.16. The van der Waals surface area contributed by atoms with E-state index in [1.807, 2.05) is 23.1 Å². The number of rotatable bonds is 6. The quantitative estimate of drug-likeness (QED) is 0.871. The zero-order valence-corrected chi connectivity index (χ0v) is 14.5. The molecule has 2 fully saturated rings. The molecule has 1 heterocycles. The van der Waals surface area contributed by atoms with E-state index in [4.69, 9.17) is 0 Å². The van der Waals surface area contributed by atoms with E-state index in [1.165, 1.54) is 0 Å². The Morgan fingerprint density at radius 3 is 2.58 bits per heavy atom. The summed E-state index contributed by atoms with van der Waals surface area (Å²) in [5.74, 6) is 0.541. The average molecular weight is 328 g/mol. The maximum atomic E-state index is 12.8. The molecule has 2 aliphatic rings. The Bertz CT molecular complexity index is 568. The van der Waals surface area contributed by atoms with Crippen LogP contribution in [0.2, 0.25) is 0 Å². The number of amides is 2. The summed E-state index contributed by atoms with van der Waals surface area (Å²) in [6, 6.07) is 10.2. The van der Waals surface area contributed by atoms with Crippen molar-refractivity contribution in [1.29, 1.82) is 0 Å². The van der Waals surface area contributed by atoms with Gasteiger partial charge in [0.1, 0.15) is 0 Å². The first-order valence-corrected chi connectivity index (χ1v) is 9.33. The summed E-state index contributed by atoms with van der Waals surface area (Å²) in [6.45, 7) is 3.55. The molecule has 0 unspecified atom stereocenters. The van der Waals surface area contributed by atoms with Gasteiger partial charge in [-0.15, -0.1) is 0 Å². The van der Waals surface area contributed by atoms with Crippen LogP contribution in [0, 0.1) is 11.8 Å². The molecule has 1 aromatic carbocycles. The lowest BCUT2D eigenvalue weighted by atomic mass is 9.95. The fourth-order valence-corrected chi connectivity index (χ4v) is 3.57. The third kappa shape index (κ3) is 4.16. The second-order valence-electron chi connectivity index (χ2n) is 7.16. The molecule has 0 bridgehead atoms. The van der Waals surface area contributed by atoms with Crippen molar-refractivity contribution in [2.75, 3.05) is 13.1 Å². The summed E-state index contributed by atoms with van der Waals surface area (Å²) in [6.07, 6.45) is 5.83. The van der Waals surface area contributed by atoms with Gasteiger partial charge in [0.2, 0.25) is 11.8 Å². The SMILES string of the molecule is CCC[C@@H](NC(=O)[C@@H]1CCCN(C(=O)C2CC2)C1)c1ccccc1. The summed E-state index contributed by atoms with van der Waals surface area (Å²) in [5.41, 5.74) is 1.16. The van der Waals surface area contributed by atoms with E-state index in [0.29, 0.717) is 6.54 Å². The second kappa shape index (κ2) is 7.82. The Kier molecular flexibility index (Phi) is 5.54. The summed E-state index contributed by atoms with van der Waals surface area (Å²) in [5, 5.41) is 3.23. The van der Waals surface area contributed by atoms with Crippen molar-refractivity contribution in [1.82, 2.24) is 10.2 Å². The number of nitrogens with one attached hydrogen (secondary N) is 1. The van der Waals surface area contributed by atoms with Crippen LogP contribution in [0.15, 0.2) is 30.3 Å². The van der Waals surface area contributed by atoms with Crippen molar-refractivity contribution < 1.29 is 9.59 Å². The van der Waals surface area contributed by atoms with Crippen LogP contribution in [0.1, 0.15) is 57.1 Å². The van der Waals surface area contributed by atoms with Crippen LogP contribution in [0.5, 0.6) is 0 Å². The van der Waals surface area contributed by atoms with Crippen molar-refractivity contribution >= 4 is 11.8 Å². The summed E-state index contributed by atoms with van der Waals surface area (Å²) < 4.78 is 0. The maximum absolute atomic E-state index is 12.8. The first-order valence-electron chi connectivity index (χ1n) is 9.33. The van der Waals surface area contributed by atoms with Crippen LogP contribution in [0.3, 0.4) is 0 Å². The van der Waals surface area contributed by atoms with E-state index in [1.54, 1.807) is 0 Å². The predicted molar refractivity (Wildman–Crippen MR) is 94.3 cm³/mol. The molecule has 1 saturated heterocycles. The number of carbonyl (C=O) groups is 2. The number of nitrogens with zero attached hydrogens (tertiary/aromatic N) is 1. The van der Waals surface area contributed by atoms with E-state index in [9.17, 15) is 9.59 Å². The minimum absolute atomic E-state index is 0.0653. The van der Waals surface area contributed by atoms with Crippen LogP contribution in [0.25, 0.3) is 0 Å². The van der Waals surface area contributed by atoms with Crippen LogP contribution in [-0.2, 0) is 9.59 Å². The van der Waals surface area contributed by atoms with Gasteiger partial charge in [0.05, 0.1) is 12.0 Å². The van der Waals surface area contributed by atoms with Gasteiger partial charge in [0, 0.05) is 19.0 Å². The molecule has 0 aromatic heterocycles. The van der Waals surface area contributed by atoms with Crippen molar-refractivity contribution in [2.45, 2.75) is 51.5 Å².